The molecule has 0 saturated carbocycles. The summed E-state index contributed by atoms with van der Waals surface area (Å²) in [5, 5.41) is 0.695. The van der Waals surface area contributed by atoms with Gasteiger partial charge in [0.25, 0.3) is 0 Å². The first-order valence-electron chi connectivity index (χ1n) is 7.13. The van der Waals surface area contributed by atoms with Gasteiger partial charge in [-0.15, -0.1) is 0 Å². The van der Waals surface area contributed by atoms with Gasteiger partial charge < -0.3 is 4.98 Å². The van der Waals surface area contributed by atoms with Crippen LogP contribution in [-0.4, -0.2) is 10.8 Å². The van der Waals surface area contributed by atoms with Gasteiger partial charge in [-0.3, -0.25) is 4.79 Å². The van der Waals surface area contributed by atoms with Crippen LogP contribution in [-0.2, 0) is 0 Å². The minimum absolute atomic E-state index is 0.0628. The largest absolute Gasteiger partial charge is 0.357 e. The summed E-state index contributed by atoms with van der Waals surface area (Å²) in [5.74, 6) is 0.0628. The van der Waals surface area contributed by atoms with Gasteiger partial charge >= 0.3 is 0 Å². The van der Waals surface area contributed by atoms with Crippen molar-refractivity contribution in [3.63, 3.8) is 0 Å². The van der Waals surface area contributed by atoms with Gasteiger partial charge in [-0.05, 0) is 37.1 Å². The maximum Gasteiger partial charge on any atom is 0.162 e. The van der Waals surface area contributed by atoms with E-state index < -0.39 is 0 Å². The molecule has 0 aliphatic rings. The van der Waals surface area contributed by atoms with Gasteiger partial charge in [-0.1, -0.05) is 54.1 Å². The van der Waals surface area contributed by atoms with Gasteiger partial charge in [0.15, 0.2) is 5.78 Å². The van der Waals surface area contributed by atoms with Crippen molar-refractivity contribution in [1.29, 1.82) is 0 Å². The first-order chi connectivity index (χ1) is 10.6. The Morgan fingerprint density at radius 2 is 1.59 bits per heavy atom. The van der Waals surface area contributed by atoms with Crippen LogP contribution in [0.5, 0.6) is 0 Å². The van der Waals surface area contributed by atoms with E-state index in [0.29, 0.717) is 5.02 Å². The average molecular weight is 310 g/mol. The SMILES string of the molecule is CC(=O)c1c(C)[nH]c(-c2ccc(Cl)cc2)c1-c1ccccc1. The monoisotopic (exact) mass is 309 g/mol. The molecule has 2 aromatic carbocycles. The van der Waals surface area contributed by atoms with E-state index in [-0.39, 0.29) is 5.78 Å². The molecule has 0 spiro atoms. The van der Waals surface area contributed by atoms with Gasteiger partial charge in [-0.2, -0.15) is 0 Å². The molecule has 0 fully saturated rings. The molecular formula is C19H16ClNO. The van der Waals surface area contributed by atoms with Gasteiger partial charge in [0.1, 0.15) is 0 Å². The number of rotatable bonds is 3. The molecule has 22 heavy (non-hydrogen) atoms. The number of benzene rings is 2. The standard InChI is InChI=1S/C19H16ClNO/c1-12-17(13(2)22)18(14-6-4-3-5-7-14)19(21-12)15-8-10-16(20)11-9-15/h3-11,21H,1-2H3. The molecule has 3 heteroatoms. The van der Waals surface area contributed by atoms with E-state index in [0.717, 1.165) is 33.6 Å². The highest BCUT2D eigenvalue weighted by Crippen LogP contribution is 2.37. The molecule has 0 amide bonds. The summed E-state index contributed by atoms with van der Waals surface area (Å²) in [4.78, 5) is 15.5. The van der Waals surface area contributed by atoms with Crippen LogP contribution in [0.15, 0.2) is 54.6 Å². The van der Waals surface area contributed by atoms with Crippen molar-refractivity contribution in [3.05, 3.63) is 70.9 Å². The van der Waals surface area contributed by atoms with E-state index in [1.165, 1.54) is 0 Å². The number of aromatic nitrogens is 1. The van der Waals surface area contributed by atoms with E-state index in [1.54, 1.807) is 6.92 Å². The minimum atomic E-state index is 0.0628. The molecule has 0 radical (unpaired) electrons. The van der Waals surface area contributed by atoms with Crippen LogP contribution in [0.2, 0.25) is 5.02 Å². The summed E-state index contributed by atoms with van der Waals surface area (Å²) in [7, 11) is 0. The fourth-order valence-electron chi connectivity index (χ4n) is 2.79. The second-order valence-electron chi connectivity index (χ2n) is 5.30. The third kappa shape index (κ3) is 2.58. The quantitative estimate of drug-likeness (QED) is 0.635. The zero-order valence-electron chi connectivity index (χ0n) is 12.5. The molecule has 0 unspecified atom stereocenters. The van der Waals surface area contributed by atoms with Gasteiger partial charge in [0.05, 0.1) is 5.69 Å². The number of ketones is 1. The van der Waals surface area contributed by atoms with Crippen LogP contribution in [0.25, 0.3) is 22.4 Å². The van der Waals surface area contributed by atoms with Crippen LogP contribution in [0.3, 0.4) is 0 Å². The Morgan fingerprint density at radius 3 is 2.18 bits per heavy atom. The molecule has 1 aromatic heterocycles. The van der Waals surface area contributed by atoms with Crippen molar-refractivity contribution in [2.24, 2.45) is 0 Å². The lowest BCUT2D eigenvalue weighted by atomic mass is 9.95. The number of aromatic amines is 1. The number of halogens is 1. The molecule has 3 aromatic rings. The number of aryl methyl sites for hydroxylation is 1. The van der Waals surface area contributed by atoms with Crippen molar-refractivity contribution >= 4 is 17.4 Å². The molecule has 2 nitrogen and oxygen atoms in total. The van der Waals surface area contributed by atoms with E-state index in [1.807, 2.05) is 61.5 Å². The lowest BCUT2D eigenvalue weighted by molar-refractivity contribution is 0.101. The van der Waals surface area contributed by atoms with Gasteiger partial charge in [0.2, 0.25) is 0 Å². The van der Waals surface area contributed by atoms with E-state index >= 15 is 0 Å². The summed E-state index contributed by atoms with van der Waals surface area (Å²) in [6.45, 7) is 3.54. The predicted molar refractivity (Wildman–Crippen MR) is 91.4 cm³/mol. The molecule has 0 saturated heterocycles. The summed E-state index contributed by atoms with van der Waals surface area (Å²) in [5.41, 5.74) is 5.58. The Hall–Kier alpha value is -2.32. The van der Waals surface area contributed by atoms with Crippen molar-refractivity contribution < 1.29 is 4.79 Å². The third-order valence-electron chi connectivity index (χ3n) is 3.73. The second kappa shape index (κ2) is 5.82. The second-order valence-corrected chi connectivity index (χ2v) is 5.74. The number of carbonyl (C=O) groups is 1. The van der Waals surface area contributed by atoms with Gasteiger partial charge in [-0.25, -0.2) is 0 Å². The van der Waals surface area contributed by atoms with Crippen LogP contribution in [0.1, 0.15) is 23.0 Å². The first-order valence-corrected chi connectivity index (χ1v) is 7.50. The molecule has 3 rings (SSSR count). The van der Waals surface area contributed by atoms with Crippen molar-refractivity contribution in [1.82, 2.24) is 4.98 Å². The number of hydrogen-bond acceptors (Lipinski definition) is 1. The van der Waals surface area contributed by atoms with Crippen LogP contribution >= 0.6 is 11.6 Å². The normalized spacial score (nSPS) is 10.7. The Bertz CT molecular complexity index is 817. The highest BCUT2D eigenvalue weighted by atomic mass is 35.5. The molecule has 0 aliphatic heterocycles. The highest BCUT2D eigenvalue weighted by Gasteiger charge is 2.20. The van der Waals surface area contributed by atoms with E-state index in [2.05, 4.69) is 4.98 Å². The molecule has 110 valence electrons. The number of Topliss-reactive ketones (excluding diaryl/α,β-unsaturated/α-hetero) is 1. The molecule has 1 N–H and O–H groups in total. The Morgan fingerprint density at radius 1 is 0.955 bits per heavy atom. The number of carbonyl (C=O) groups excluding carboxylic acids is 1. The number of hydrogen-bond donors (Lipinski definition) is 1. The van der Waals surface area contributed by atoms with E-state index in [9.17, 15) is 4.79 Å². The average Bonchev–Trinajstić information content (AvgIpc) is 2.86. The molecule has 0 aliphatic carbocycles. The number of nitrogens with one attached hydrogen (secondary N) is 1. The first kappa shape index (κ1) is 14.6. The zero-order valence-corrected chi connectivity index (χ0v) is 13.2. The molecule has 0 atom stereocenters. The van der Waals surface area contributed by atoms with Gasteiger partial charge in [0, 0.05) is 21.8 Å². The fourth-order valence-corrected chi connectivity index (χ4v) is 2.92. The Kier molecular flexibility index (Phi) is 3.86. The number of H-pyrrole nitrogens is 1. The summed E-state index contributed by atoms with van der Waals surface area (Å²) >= 11 is 5.98. The Balaban J connectivity index is 2.29. The predicted octanol–water partition coefficient (Wildman–Crippen LogP) is 5.51. The maximum atomic E-state index is 12.1. The van der Waals surface area contributed by atoms with Crippen LogP contribution < -0.4 is 0 Å². The molecule has 0 bridgehead atoms. The summed E-state index contributed by atoms with van der Waals surface area (Å²) in [6, 6.07) is 17.6. The van der Waals surface area contributed by atoms with Crippen molar-refractivity contribution in [3.8, 4) is 22.4 Å². The van der Waals surface area contributed by atoms with Crippen molar-refractivity contribution in [2.75, 3.05) is 0 Å². The van der Waals surface area contributed by atoms with E-state index in [4.69, 9.17) is 11.6 Å². The smallest absolute Gasteiger partial charge is 0.162 e. The third-order valence-corrected chi connectivity index (χ3v) is 3.99. The molecular weight excluding hydrogens is 294 g/mol. The van der Waals surface area contributed by atoms with Crippen LogP contribution in [0.4, 0.5) is 0 Å². The highest BCUT2D eigenvalue weighted by molar-refractivity contribution is 6.30. The molecule has 1 heterocycles. The van der Waals surface area contributed by atoms with Crippen LogP contribution in [0, 0.1) is 6.92 Å². The zero-order chi connectivity index (χ0) is 15.7. The lowest BCUT2D eigenvalue weighted by Gasteiger charge is -2.07. The minimum Gasteiger partial charge on any atom is -0.357 e. The fraction of sp³-hybridized carbons (Fsp3) is 0.105. The summed E-state index contributed by atoms with van der Waals surface area (Å²) < 4.78 is 0. The topological polar surface area (TPSA) is 32.9 Å². The van der Waals surface area contributed by atoms with Crippen molar-refractivity contribution in [2.45, 2.75) is 13.8 Å². The maximum absolute atomic E-state index is 12.1. The Labute approximate surface area is 134 Å². The summed E-state index contributed by atoms with van der Waals surface area (Å²) in [6.07, 6.45) is 0. The lowest BCUT2D eigenvalue weighted by Crippen LogP contribution is -1.95.